The van der Waals surface area contributed by atoms with Gasteiger partial charge in [0, 0.05) is 24.7 Å². The van der Waals surface area contributed by atoms with Crippen LogP contribution in [0.4, 0.5) is 0 Å². The lowest BCUT2D eigenvalue weighted by Gasteiger charge is -2.34. The van der Waals surface area contributed by atoms with Crippen LogP contribution in [0.1, 0.15) is 46.5 Å². The first kappa shape index (κ1) is 12.9. The number of aliphatic hydroxyl groups is 1. The van der Waals surface area contributed by atoms with E-state index in [9.17, 15) is 0 Å². The summed E-state index contributed by atoms with van der Waals surface area (Å²) < 4.78 is 0. The second-order valence-electron chi connectivity index (χ2n) is 5.88. The number of rotatable bonds is 5. The van der Waals surface area contributed by atoms with Crippen molar-refractivity contribution in [3.63, 3.8) is 0 Å². The van der Waals surface area contributed by atoms with Crippen LogP contribution >= 0.6 is 0 Å². The summed E-state index contributed by atoms with van der Waals surface area (Å²) in [5.41, 5.74) is 6.43. The van der Waals surface area contributed by atoms with Crippen LogP contribution in [0.25, 0.3) is 0 Å². The van der Waals surface area contributed by atoms with Crippen LogP contribution in [0.15, 0.2) is 0 Å². The van der Waals surface area contributed by atoms with Crippen LogP contribution in [-0.4, -0.2) is 29.8 Å². The normalized spacial score (nSPS) is 31.8. The minimum atomic E-state index is 0.109. The molecule has 1 aliphatic rings. The minimum absolute atomic E-state index is 0.109. The molecule has 3 heteroatoms. The van der Waals surface area contributed by atoms with Crippen molar-refractivity contribution in [1.29, 1.82) is 0 Å². The van der Waals surface area contributed by atoms with Gasteiger partial charge in [0.05, 0.1) is 0 Å². The zero-order valence-electron chi connectivity index (χ0n) is 10.3. The van der Waals surface area contributed by atoms with E-state index in [-0.39, 0.29) is 12.1 Å². The third-order valence-electron chi connectivity index (χ3n) is 3.60. The smallest absolute Gasteiger partial charge is 0.0445 e. The minimum Gasteiger partial charge on any atom is -0.396 e. The average Bonchev–Trinajstić information content (AvgIpc) is 2.43. The molecule has 0 radical (unpaired) electrons. The molecule has 0 aromatic heterocycles. The maximum Gasteiger partial charge on any atom is 0.0445 e. The van der Waals surface area contributed by atoms with Crippen LogP contribution in [0.3, 0.4) is 0 Å². The summed E-state index contributed by atoms with van der Waals surface area (Å²) in [5, 5.41) is 12.5. The molecule has 0 aromatic rings. The molecule has 2 atom stereocenters. The molecule has 0 bridgehead atoms. The maximum atomic E-state index is 8.90. The van der Waals surface area contributed by atoms with Gasteiger partial charge in [-0.05, 0) is 38.0 Å². The molecule has 0 saturated heterocycles. The van der Waals surface area contributed by atoms with Crippen molar-refractivity contribution < 1.29 is 5.11 Å². The molecule has 1 rings (SSSR count). The first-order valence-corrected chi connectivity index (χ1v) is 6.02. The lowest BCUT2D eigenvalue weighted by atomic mass is 9.87. The maximum absolute atomic E-state index is 8.90. The van der Waals surface area contributed by atoms with Gasteiger partial charge in [-0.15, -0.1) is 0 Å². The Morgan fingerprint density at radius 3 is 2.47 bits per heavy atom. The van der Waals surface area contributed by atoms with Crippen molar-refractivity contribution in [3.05, 3.63) is 0 Å². The summed E-state index contributed by atoms with van der Waals surface area (Å²) in [6.07, 6.45) is 4.35. The standard InChI is InChI=1S/C12H26N2O/c1-10(4-7-15)14-12(9-13)6-5-11(2,3)8-12/h10,14-15H,4-9,13H2,1-3H3. The number of nitrogens with two attached hydrogens (primary N) is 1. The van der Waals surface area contributed by atoms with Crippen molar-refractivity contribution in [2.24, 2.45) is 11.1 Å². The first-order valence-electron chi connectivity index (χ1n) is 6.02. The molecule has 0 aromatic carbocycles. The van der Waals surface area contributed by atoms with E-state index < -0.39 is 0 Å². The van der Waals surface area contributed by atoms with E-state index in [1.165, 1.54) is 6.42 Å². The molecule has 15 heavy (non-hydrogen) atoms. The zero-order chi connectivity index (χ0) is 11.5. The highest BCUT2D eigenvalue weighted by Gasteiger charge is 2.42. The Bertz CT molecular complexity index is 206. The van der Waals surface area contributed by atoms with Crippen molar-refractivity contribution in [3.8, 4) is 0 Å². The number of nitrogens with one attached hydrogen (secondary N) is 1. The Morgan fingerprint density at radius 2 is 2.07 bits per heavy atom. The van der Waals surface area contributed by atoms with E-state index in [2.05, 4.69) is 26.1 Å². The topological polar surface area (TPSA) is 58.3 Å². The Balaban J connectivity index is 2.55. The number of aliphatic hydroxyl groups excluding tert-OH is 1. The van der Waals surface area contributed by atoms with Crippen molar-refractivity contribution in [2.45, 2.75) is 58.0 Å². The molecule has 0 aliphatic heterocycles. The highest BCUT2D eigenvalue weighted by atomic mass is 16.3. The molecule has 0 heterocycles. The van der Waals surface area contributed by atoms with Gasteiger partial charge in [-0.25, -0.2) is 0 Å². The second-order valence-corrected chi connectivity index (χ2v) is 5.88. The van der Waals surface area contributed by atoms with E-state index >= 15 is 0 Å². The summed E-state index contributed by atoms with van der Waals surface area (Å²) >= 11 is 0. The zero-order valence-corrected chi connectivity index (χ0v) is 10.3. The molecule has 3 nitrogen and oxygen atoms in total. The van der Waals surface area contributed by atoms with E-state index in [1.54, 1.807) is 0 Å². The Labute approximate surface area is 93.4 Å². The van der Waals surface area contributed by atoms with Gasteiger partial charge in [0.25, 0.3) is 0 Å². The lowest BCUT2D eigenvalue weighted by molar-refractivity contribution is 0.227. The lowest BCUT2D eigenvalue weighted by Crippen LogP contribution is -2.53. The van der Waals surface area contributed by atoms with E-state index in [0.717, 1.165) is 19.3 Å². The van der Waals surface area contributed by atoms with Gasteiger partial charge in [-0.3, -0.25) is 0 Å². The van der Waals surface area contributed by atoms with Gasteiger partial charge in [0.2, 0.25) is 0 Å². The summed E-state index contributed by atoms with van der Waals surface area (Å²) in [6, 6.07) is 0.354. The number of hydrogen-bond acceptors (Lipinski definition) is 3. The highest BCUT2D eigenvalue weighted by Crippen LogP contribution is 2.43. The Morgan fingerprint density at radius 1 is 1.40 bits per heavy atom. The molecule has 0 spiro atoms. The monoisotopic (exact) mass is 214 g/mol. The van der Waals surface area contributed by atoms with Crippen LogP contribution in [0.2, 0.25) is 0 Å². The summed E-state index contributed by atoms with van der Waals surface area (Å²) in [5.74, 6) is 0. The van der Waals surface area contributed by atoms with Crippen molar-refractivity contribution in [1.82, 2.24) is 5.32 Å². The molecule has 1 aliphatic carbocycles. The number of hydrogen-bond donors (Lipinski definition) is 3. The predicted octanol–water partition coefficient (Wildman–Crippen LogP) is 1.25. The quantitative estimate of drug-likeness (QED) is 0.645. The summed E-state index contributed by atoms with van der Waals surface area (Å²) in [7, 11) is 0. The van der Waals surface area contributed by atoms with Crippen LogP contribution < -0.4 is 11.1 Å². The van der Waals surface area contributed by atoms with Gasteiger partial charge >= 0.3 is 0 Å². The average molecular weight is 214 g/mol. The van der Waals surface area contributed by atoms with Crippen LogP contribution in [0, 0.1) is 5.41 Å². The second kappa shape index (κ2) is 4.81. The third-order valence-corrected chi connectivity index (χ3v) is 3.60. The molecule has 1 saturated carbocycles. The van der Waals surface area contributed by atoms with Crippen LogP contribution in [0.5, 0.6) is 0 Å². The predicted molar refractivity (Wildman–Crippen MR) is 63.7 cm³/mol. The fourth-order valence-corrected chi connectivity index (χ4v) is 2.82. The van der Waals surface area contributed by atoms with Gasteiger partial charge in [0.1, 0.15) is 0 Å². The van der Waals surface area contributed by atoms with Gasteiger partial charge in [0.15, 0.2) is 0 Å². The Kier molecular flexibility index (Phi) is 4.15. The summed E-state index contributed by atoms with van der Waals surface area (Å²) in [6.45, 7) is 7.69. The largest absolute Gasteiger partial charge is 0.396 e. The van der Waals surface area contributed by atoms with E-state index in [1.807, 2.05) is 0 Å². The third kappa shape index (κ3) is 3.44. The SMILES string of the molecule is CC(CCO)NC1(CN)CCC(C)(C)C1. The fourth-order valence-electron chi connectivity index (χ4n) is 2.82. The molecule has 2 unspecified atom stereocenters. The molecular weight excluding hydrogens is 188 g/mol. The summed E-state index contributed by atoms with van der Waals surface area (Å²) in [4.78, 5) is 0. The van der Waals surface area contributed by atoms with E-state index in [0.29, 0.717) is 18.0 Å². The van der Waals surface area contributed by atoms with Gasteiger partial charge < -0.3 is 16.2 Å². The van der Waals surface area contributed by atoms with Gasteiger partial charge in [-0.2, -0.15) is 0 Å². The fraction of sp³-hybridized carbons (Fsp3) is 1.00. The molecular formula is C12H26N2O. The van der Waals surface area contributed by atoms with E-state index in [4.69, 9.17) is 10.8 Å². The highest BCUT2D eigenvalue weighted by molar-refractivity contribution is 5.01. The van der Waals surface area contributed by atoms with Crippen molar-refractivity contribution in [2.75, 3.05) is 13.2 Å². The molecule has 90 valence electrons. The molecule has 1 fully saturated rings. The van der Waals surface area contributed by atoms with Crippen molar-refractivity contribution >= 4 is 0 Å². The van der Waals surface area contributed by atoms with Gasteiger partial charge in [-0.1, -0.05) is 13.8 Å². The molecule has 4 N–H and O–H groups in total. The van der Waals surface area contributed by atoms with Crippen LogP contribution in [-0.2, 0) is 0 Å². The Hall–Kier alpha value is -0.120. The molecule has 0 amide bonds. The first-order chi connectivity index (χ1) is 6.93.